The van der Waals surface area contributed by atoms with Crippen LogP contribution in [-0.4, -0.2) is 25.2 Å². The Labute approximate surface area is 125 Å². The highest BCUT2D eigenvalue weighted by Gasteiger charge is 2.22. The molecule has 1 aliphatic rings. The van der Waals surface area contributed by atoms with E-state index in [0.29, 0.717) is 12.0 Å². The molecule has 2 aromatic rings. The number of benzene rings is 1. The van der Waals surface area contributed by atoms with Gasteiger partial charge in [0.25, 0.3) is 0 Å². The fraction of sp³-hybridized carbons (Fsp3) is 0.471. The summed E-state index contributed by atoms with van der Waals surface area (Å²) in [5, 5.41) is 1.07. The van der Waals surface area contributed by atoms with Gasteiger partial charge in [-0.1, -0.05) is 12.5 Å². The van der Waals surface area contributed by atoms with Gasteiger partial charge < -0.3 is 15.2 Å². The zero-order valence-corrected chi connectivity index (χ0v) is 12.6. The monoisotopic (exact) mass is 286 g/mol. The van der Waals surface area contributed by atoms with Gasteiger partial charge in [-0.25, -0.2) is 0 Å². The lowest BCUT2D eigenvalue weighted by Crippen LogP contribution is -2.27. The van der Waals surface area contributed by atoms with E-state index in [2.05, 4.69) is 12.1 Å². The summed E-state index contributed by atoms with van der Waals surface area (Å²) in [7, 11) is 3.29. The van der Waals surface area contributed by atoms with Gasteiger partial charge in [-0.05, 0) is 31.4 Å². The molecule has 1 heterocycles. The van der Waals surface area contributed by atoms with Crippen LogP contribution in [0.1, 0.15) is 37.3 Å². The summed E-state index contributed by atoms with van der Waals surface area (Å²) in [5.41, 5.74) is 8.19. The Morgan fingerprint density at radius 1 is 1.10 bits per heavy atom. The Morgan fingerprint density at radius 3 is 2.57 bits per heavy atom. The SMILES string of the molecule is COc1cc2ccc(C3CCCC(N)C3)nc2cc1OC. The van der Waals surface area contributed by atoms with Crippen molar-refractivity contribution in [3.8, 4) is 11.5 Å². The summed E-state index contributed by atoms with van der Waals surface area (Å²) >= 11 is 0. The minimum atomic E-state index is 0.312. The molecular formula is C17H22N2O2. The van der Waals surface area contributed by atoms with Gasteiger partial charge in [0.2, 0.25) is 0 Å². The Bertz CT molecular complexity index is 642. The molecule has 112 valence electrons. The predicted octanol–water partition coefficient (Wildman–Crippen LogP) is 3.24. The van der Waals surface area contributed by atoms with Gasteiger partial charge in [-0.15, -0.1) is 0 Å². The standard InChI is InChI=1S/C17H22N2O2/c1-20-16-9-12-6-7-14(11-4-3-5-13(18)8-11)19-15(12)10-17(16)21-2/h6-7,9-11,13H,3-5,8,18H2,1-2H3. The number of hydrogen-bond acceptors (Lipinski definition) is 4. The average Bonchev–Trinajstić information content (AvgIpc) is 2.53. The van der Waals surface area contributed by atoms with E-state index in [1.54, 1.807) is 14.2 Å². The number of aromatic nitrogens is 1. The van der Waals surface area contributed by atoms with Crippen LogP contribution in [0.3, 0.4) is 0 Å². The van der Waals surface area contributed by atoms with Crippen LogP contribution in [0.4, 0.5) is 0 Å². The first kappa shape index (κ1) is 14.1. The van der Waals surface area contributed by atoms with Crippen LogP contribution in [0.2, 0.25) is 0 Å². The van der Waals surface area contributed by atoms with Crippen LogP contribution in [-0.2, 0) is 0 Å². The molecule has 4 heteroatoms. The first-order valence-corrected chi connectivity index (χ1v) is 7.49. The summed E-state index contributed by atoms with van der Waals surface area (Å²) in [6.45, 7) is 0. The van der Waals surface area contributed by atoms with Crippen molar-refractivity contribution in [1.82, 2.24) is 4.98 Å². The van der Waals surface area contributed by atoms with Gasteiger partial charge in [0.15, 0.2) is 11.5 Å². The van der Waals surface area contributed by atoms with E-state index in [4.69, 9.17) is 20.2 Å². The number of pyridine rings is 1. The summed E-state index contributed by atoms with van der Waals surface area (Å²) in [4.78, 5) is 4.83. The van der Waals surface area contributed by atoms with E-state index in [1.165, 1.54) is 12.8 Å². The quantitative estimate of drug-likeness (QED) is 0.941. The predicted molar refractivity (Wildman–Crippen MR) is 84.0 cm³/mol. The Kier molecular flexibility index (Phi) is 3.97. The number of fused-ring (bicyclic) bond motifs is 1. The van der Waals surface area contributed by atoms with E-state index in [9.17, 15) is 0 Å². The zero-order valence-electron chi connectivity index (χ0n) is 12.6. The number of nitrogens with two attached hydrogens (primary N) is 1. The van der Waals surface area contributed by atoms with Crippen molar-refractivity contribution in [2.45, 2.75) is 37.6 Å². The second-order valence-corrected chi connectivity index (χ2v) is 5.76. The van der Waals surface area contributed by atoms with Crippen molar-refractivity contribution in [3.05, 3.63) is 30.0 Å². The van der Waals surface area contributed by atoms with Crippen molar-refractivity contribution in [1.29, 1.82) is 0 Å². The van der Waals surface area contributed by atoms with E-state index < -0.39 is 0 Å². The molecule has 1 aliphatic carbocycles. The van der Waals surface area contributed by atoms with Gasteiger partial charge in [-0.2, -0.15) is 0 Å². The molecule has 0 saturated heterocycles. The van der Waals surface area contributed by atoms with Crippen LogP contribution in [0, 0.1) is 0 Å². The molecule has 2 atom stereocenters. The summed E-state index contributed by atoms with van der Waals surface area (Å²) in [6, 6.07) is 8.46. The number of ether oxygens (including phenoxy) is 2. The third kappa shape index (κ3) is 2.81. The van der Waals surface area contributed by atoms with Gasteiger partial charge in [0.1, 0.15) is 0 Å². The van der Waals surface area contributed by atoms with Crippen LogP contribution in [0.15, 0.2) is 24.3 Å². The maximum atomic E-state index is 6.09. The van der Waals surface area contributed by atoms with Crippen molar-refractivity contribution < 1.29 is 9.47 Å². The van der Waals surface area contributed by atoms with Crippen LogP contribution in [0.5, 0.6) is 11.5 Å². The van der Waals surface area contributed by atoms with Crippen molar-refractivity contribution in [3.63, 3.8) is 0 Å². The molecule has 0 amide bonds. The molecule has 1 aromatic carbocycles. The molecule has 2 N–H and O–H groups in total. The molecular weight excluding hydrogens is 264 g/mol. The van der Waals surface area contributed by atoms with Crippen molar-refractivity contribution in [2.24, 2.45) is 5.73 Å². The van der Waals surface area contributed by atoms with E-state index in [-0.39, 0.29) is 0 Å². The van der Waals surface area contributed by atoms with Crippen LogP contribution >= 0.6 is 0 Å². The fourth-order valence-corrected chi connectivity index (χ4v) is 3.19. The van der Waals surface area contributed by atoms with E-state index in [0.717, 1.165) is 40.9 Å². The van der Waals surface area contributed by atoms with Gasteiger partial charge in [-0.3, -0.25) is 4.98 Å². The first-order chi connectivity index (χ1) is 10.2. The smallest absolute Gasteiger partial charge is 0.162 e. The molecule has 1 fully saturated rings. The van der Waals surface area contributed by atoms with Gasteiger partial charge in [0, 0.05) is 29.1 Å². The maximum absolute atomic E-state index is 6.09. The fourth-order valence-electron chi connectivity index (χ4n) is 3.19. The molecule has 1 aromatic heterocycles. The minimum absolute atomic E-state index is 0.312. The largest absolute Gasteiger partial charge is 0.493 e. The minimum Gasteiger partial charge on any atom is -0.493 e. The molecule has 0 spiro atoms. The Morgan fingerprint density at radius 2 is 1.86 bits per heavy atom. The second kappa shape index (κ2) is 5.90. The molecule has 2 unspecified atom stereocenters. The van der Waals surface area contributed by atoms with Crippen LogP contribution < -0.4 is 15.2 Å². The summed E-state index contributed by atoms with van der Waals surface area (Å²) in [6.07, 6.45) is 4.54. The number of methoxy groups -OCH3 is 2. The van der Waals surface area contributed by atoms with Gasteiger partial charge in [0.05, 0.1) is 19.7 Å². The zero-order chi connectivity index (χ0) is 14.8. The number of nitrogens with zero attached hydrogens (tertiary/aromatic N) is 1. The lowest BCUT2D eigenvalue weighted by Gasteiger charge is -2.26. The number of rotatable bonds is 3. The highest BCUT2D eigenvalue weighted by Crippen LogP contribution is 2.35. The lowest BCUT2D eigenvalue weighted by molar-refractivity contribution is 0.355. The maximum Gasteiger partial charge on any atom is 0.162 e. The van der Waals surface area contributed by atoms with E-state index in [1.807, 2.05) is 12.1 Å². The molecule has 0 bridgehead atoms. The molecule has 3 rings (SSSR count). The molecule has 1 saturated carbocycles. The van der Waals surface area contributed by atoms with Crippen molar-refractivity contribution >= 4 is 10.9 Å². The average molecular weight is 286 g/mol. The topological polar surface area (TPSA) is 57.4 Å². The Balaban J connectivity index is 1.99. The number of hydrogen-bond donors (Lipinski definition) is 1. The summed E-state index contributed by atoms with van der Waals surface area (Å²) < 4.78 is 10.7. The normalized spacial score (nSPS) is 22.2. The van der Waals surface area contributed by atoms with Crippen LogP contribution in [0.25, 0.3) is 10.9 Å². The molecule has 0 aliphatic heterocycles. The molecule has 21 heavy (non-hydrogen) atoms. The lowest BCUT2D eigenvalue weighted by atomic mass is 9.84. The molecule has 4 nitrogen and oxygen atoms in total. The third-order valence-corrected chi connectivity index (χ3v) is 4.35. The summed E-state index contributed by atoms with van der Waals surface area (Å²) in [5.74, 6) is 1.93. The highest BCUT2D eigenvalue weighted by atomic mass is 16.5. The highest BCUT2D eigenvalue weighted by molar-refractivity contribution is 5.82. The third-order valence-electron chi connectivity index (χ3n) is 4.35. The Hall–Kier alpha value is -1.81. The first-order valence-electron chi connectivity index (χ1n) is 7.49. The molecule has 0 radical (unpaired) electrons. The van der Waals surface area contributed by atoms with Gasteiger partial charge >= 0.3 is 0 Å². The van der Waals surface area contributed by atoms with E-state index >= 15 is 0 Å². The second-order valence-electron chi connectivity index (χ2n) is 5.76. The van der Waals surface area contributed by atoms with Crippen molar-refractivity contribution in [2.75, 3.05) is 14.2 Å².